The van der Waals surface area contributed by atoms with E-state index in [1.165, 1.54) is 7.11 Å². The summed E-state index contributed by atoms with van der Waals surface area (Å²) in [6, 6.07) is 2.71. The Balaban J connectivity index is 0.00000169. The van der Waals surface area contributed by atoms with Crippen LogP contribution in [0.25, 0.3) is 0 Å². The summed E-state index contributed by atoms with van der Waals surface area (Å²) >= 11 is 5.54. The summed E-state index contributed by atoms with van der Waals surface area (Å²) in [5.41, 5.74) is 5.63. The fraction of sp³-hybridized carbons (Fsp3) is 0.375. The largest absolute Gasteiger partial charge is 0.469 e. The number of carbonyl (C=O) groups excluding carboxylic acids is 1. The van der Waals surface area contributed by atoms with Crippen molar-refractivity contribution in [3.05, 3.63) is 23.1 Å². The van der Waals surface area contributed by atoms with Gasteiger partial charge in [0, 0.05) is 0 Å². The zero-order valence-electron chi connectivity index (χ0n) is 7.53. The van der Waals surface area contributed by atoms with E-state index >= 15 is 0 Å². The summed E-state index contributed by atoms with van der Waals surface area (Å²) in [7, 11) is 1.31. The molecule has 2 N–H and O–H groups in total. The normalized spacial score (nSPS) is 11.6. The van der Waals surface area contributed by atoms with E-state index in [0.29, 0.717) is 5.76 Å². The number of hydrogen-bond acceptors (Lipinski definition) is 4. The Morgan fingerprint density at radius 2 is 2.36 bits per heavy atom. The topological polar surface area (TPSA) is 65.5 Å². The van der Waals surface area contributed by atoms with Crippen LogP contribution in [0, 0.1) is 0 Å². The number of carbonyl (C=O) groups is 1. The minimum atomic E-state index is -0.500. The summed E-state index contributed by atoms with van der Waals surface area (Å²) in [6.45, 7) is 0. The van der Waals surface area contributed by atoms with Gasteiger partial charge in [-0.15, -0.1) is 12.4 Å². The van der Waals surface area contributed by atoms with E-state index in [0.717, 1.165) is 0 Å². The summed E-state index contributed by atoms with van der Waals surface area (Å²) in [4.78, 5) is 10.8. The highest BCUT2D eigenvalue weighted by Crippen LogP contribution is 2.20. The second kappa shape index (κ2) is 5.90. The number of ether oxygens (including phenoxy) is 1. The molecule has 0 saturated heterocycles. The molecule has 4 nitrogen and oxygen atoms in total. The molecule has 0 amide bonds. The van der Waals surface area contributed by atoms with Crippen LogP contribution in [-0.2, 0) is 9.53 Å². The molecule has 1 aromatic rings. The highest BCUT2D eigenvalue weighted by molar-refractivity contribution is 6.28. The number of methoxy groups -OCH3 is 1. The average molecular weight is 240 g/mol. The lowest BCUT2D eigenvalue weighted by Gasteiger charge is -2.05. The van der Waals surface area contributed by atoms with Gasteiger partial charge in [-0.25, -0.2) is 0 Å². The van der Waals surface area contributed by atoms with Crippen molar-refractivity contribution < 1.29 is 13.9 Å². The SMILES string of the molecule is COC(=O)C[C@@H](N)c1ccc(Cl)o1.Cl. The van der Waals surface area contributed by atoms with Crippen LogP contribution in [0.4, 0.5) is 0 Å². The van der Waals surface area contributed by atoms with E-state index < -0.39 is 6.04 Å². The summed E-state index contributed by atoms with van der Waals surface area (Å²) in [5.74, 6) is 0.107. The first-order valence-electron chi connectivity index (χ1n) is 3.71. The zero-order chi connectivity index (χ0) is 9.84. The second-order valence-corrected chi connectivity index (χ2v) is 2.90. The van der Waals surface area contributed by atoms with Crippen LogP contribution >= 0.6 is 24.0 Å². The summed E-state index contributed by atoms with van der Waals surface area (Å²) < 4.78 is 9.48. The molecule has 1 heterocycles. The Bertz CT molecular complexity index is 301. The van der Waals surface area contributed by atoms with Crippen LogP contribution in [0.1, 0.15) is 18.2 Å². The van der Waals surface area contributed by atoms with E-state index in [1.54, 1.807) is 12.1 Å². The predicted molar refractivity (Wildman–Crippen MR) is 54.5 cm³/mol. The molecule has 1 atom stereocenters. The van der Waals surface area contributed by atoms with Gasteiger partial charge in [-0.1, -0.05) is 0 Å². The van der Waals surface area contributed by atoms with Crippen LogP contribution in [0.3, 0.4) is 0 Å². The molecule has 14 heavy (non-hydrogen) atoms. The van der Waals surface area contributed by atoms with Crippen LogP contribution in [0.5, 0.6) is 0 Å². The Morgan fingerprint density at radius 3 is 2.79 bits per heavy atom. The highest BCUT2D eigenvalue weighted by Gasteiger charge is 2.14. The molecule has 0 aliphatic carbocycles. The molecular formula is C8H11Cl2NO3. The maximum atomic E-state index is 10.8. The van der Waals surface area contributed by atoms with Gasteiger partial charge in [-0.3, -0.25) is 4.79 Å². The smallest absolute Gasteiger partial charge is 0.307 e. The van der Waals surface area contributed by atoms with Gasteiger partial charge in [0.25, 0.3) is 0 Å². The van der Waals surface area contributed by atoms with Gasteiger partial charge < -0.3 is 14.9 Å². The van der Waals surface area contributed by atoms with Crippen molar-refractivity contribution in [2.45, 2.75) is 12.5 Å². The zero-order valence-corrected chi connectivity index (χ0v) is 9.10. The van der Waals surface area contributed by atoms with Crippen molar-refractivity contribution in [2.75, 3.05) is 7.11 Å². The molecule has 0 radical (unpaired) electrons. The maximum absolute atomic E-state index is 10.8. The average Bonchev–Trinajstić information content (AvgIpc) is 2.51. The Hall–Kier alpha value is -0.710. The number of hydrogen-bond donors (Lipinski definition) is 1. The van der Waals surface area contributed by atoms with Gasteiger partial charge in [0.15, 0.2) is 5.22 Å². The first-order chi connectivity index (χ1) is 6.13. The minimum absolute atomic E-state index is 0. The minimum Gasteiger partial charge on any atom is -0.469 e. The molecule has 0 saturated carbocycles. The number of rotatable bonds is 3. The van der Waals surface area contributed by atoms with E-state index in [9.17, 15) is 4.79 Å². The molecular weight excluding hydrogens is 229 g/mol. The van der Waals surface area contributed by atoms with E-state index in [4.69, 9.17) is 21.8 Å². The monoisotopic (exact) mass is 239 g/mol. The third-order valence-corrected chi connectivity index (χ3v) is 1.78. The first kappa shape index (κ1) is 13.3. The molecule has 1 rings (SSSR count). The van der Waals surface area contributed by atoms with Crippen LogP contribution in [0.15, 0.2) is 16.5 Å². The predicted octanol–water partition coefficient (Wildman–Crippen LogP) is 1.92. The van der Waals surface area contributed by atoms with Gasteiger partial charge in [-0.2, -0.15) is 0 Å². The van der Waals surface area contributed by atoms with Gasteiger partial charge in [0.2, 0.25) is 0 Å². The molecule has 80 valence electrons. The fourth-order valence-electron chi connectivity index (χ4n) is 0.891. The molecule has 0 fully saturated rings. The van der Waals surface area contributed by atoms with Crippen molar-refractivity contribution in [1.82, 2.24) is 0 Å². The lowest BCUT2D eigenvalue weighted by atomic mass is 10.2. The molecule has 1 aromatic heterocycles. The number of furan rings is 1. The van der Waals surface area contributed by atoms with Crippen molar-refractivity contribution in [3.8, 4) is 0 Å². The molecule has 6 heteroatoms. The first-order valence-corrected chi connectivity index (χ1v) is 4.09. The van der Waals surface area contributed by atoms with Gasteiger partial charge >= 0.3 is 5.97 Å². The highest BCUT2D eigenvalue weighted by atomic mass is 35.5. The Morgan fingerprint density at radius 1 is 1.71 bits per heavy atom. The molecule has 0 aromatic carbocycles. The van der Waals surface area contributed by atoms with Gasteiger partial charge in [-0.05, 0) is 23.7 Å². The van der Waals surface area contributed by atoms with Crippen molar-refractivity contribution in [2.24, 2.45) is 5.73 Å². The standard InChI is InChI=1S/C8H10ClNO3.ClH/c1-12-8(11)4-5(10)6-2-3-7(9)13-6;/h2-3,5H,4,10H2,1H3;1H/t5-;/m1./s1. The van der Waals surface area contributed by atoms with Gasteiger partial charge in [0.1, 0.15) is 5.76 Å². The van der Waals surface area contributed by atoms with Crippen molar-refractivity contribution >= 4 is 30.0 Å². The lowest BCUT2D eigenvalue weighted by Crippen LogP contribution is -2.15. The maximum Gasteiger partial charge on any atom is 0.307 e. The lowest BCUT2D eigenvalue weighted by molar-refractivity contribution is -0.141. The number of nitrogens with two attached hydrogens (primary N) is 1. The fourth-order valence-corrected chi connectivity index (χ4v) is 1.04. The quantitative estimate of drug-likeness (QED) is 0.819. The summed E-state index contributed by atoms with van der Waals surface area (Å²) in [6.07, 6.45) is 0.0837. The third kappa shape index (κ3) is 3.57. The van der Waals surface area contributed by atoms with Crippen LogP contribution < -0.4 is 5.73 Å². The molecule has 0 aliphatic heterocycles. The van der Waals surface area contributed by atoms with Gasteiger partial charge in [0.05, 0.1) is 19.6 Å². The van der Waals surface area contributed by atoms with Crippen molar-refractivity contribution in [1.29, 1.82) is 0 Å². The number of esters is 1. The Kier molecular flexibility index (Phi) is 5.60. The summed E-state index contributed by atoms with van der Waals surface area (Å²) in [5, 5.41) is 0.260. The van der Waals surface area contributed by atoms with Crippen LogP contribution in [-0.4, -0.2) is 13.1 Å². The van der Waals surface area contributed by atoms with Crippen LogP contribution in [0.2, 0.25) is 5.22 Å². The van der Waals surface area contributed by atoms with E-state index in [1.807, 2.05) is 0 Å². The van der Waals surface area contributed by atoms with Crippen molar-refractivity contribution in [3.63, 3.8) is 0 Å². The molecule has 0 bridgehead atoms. The number of halogens is 2. The molecule has 0 aliphatic rings. The Labute approximate surface area is 92.8 Å². The van der Waals surface area contributed by atoms with E-state index in [-0.39, 0.29) is 30.0 Å². The molecule has 0 spiro atoms. The van der Waals surface area contributed by atoms with E-state index in [2.05, 4.69) is 4.74 Å². The molecule has 0 unspecified atom stereocenters. The second-order valence-electron chi connectivity index (χ2n) is 2.53. The third-order valence-electron chi connectivity index (χ3n) is 1.57.